The molecule has 27 heavy (non-hydrogen) atoms. The Kier molecular flexibility index (Phi) is 4.45. The average molecular weight is 366 g/mol. The fourth-order valence-electron chi connectivity index (χ4n) is 3.26. The summed E-state index contributed by atoms with van der Waals surface area (Å²) in [6.07, 6.45) is 3.88. The van der Waals surface area contributed by atoms with Crippen LogP contribution < -0.4 is 5.76 Å². The monoisotopic (exact) mass is 366 g/mol. The number of benzene rings is 1. The molecule has 4 rings (SSSR count). The quantitative estimate of drug-likeness (QED) is 0.741. The summed E-state index contributed by atoms with van der Waals surface area (Å²) < 4.78 is 4.97. The lowest BCUT2D eigenvalue weighted by molar-refractivity contribution is 0.0718. The number of H-pyrrole nitrogens is 1. The van der Waals surface area contributed by atoms with E-state index in [0.717, 1.165) is 0 Å². The molecular formula is C19H18N4O4. The Labute approximate surface area is 154 Å². The van der Waals surface area contributed by atoms with Gasteiger partial charge in [0, 0.05) is 44.1 Å². The summed E-state index contributed by atoms with van der Waals surface area (Å²) in [6.45, 7) is 2.07. The van der Waals surface area contributed by atoms with Gasteiger partial charge >= 0.3 is 5.76 Å². The lowest BCUT2D eigenvalue weighted by Crippen LogP contribution is -2.37. The smallest absolute Gasteiger partial charge is 0.408 e. The highest BCUT2D eigenvalue weighted by molar-refractivity contribution is 5.97. The van der Waals surface area contributed by atoms with E-state index in [1.54, 1.807) is 52.5 Å². The Morgan fingerprint density at radius 2 is 1.74 bits per heavy atom. The standard InChI is InChI=1S/C19H18N4O4/c24-17(13-4-5-16-15(11-13)21-19(26)27-16)22-7-2-8-23(10-9-22)18(25)14-3-1-6-20-12-14/h1,3-6,11-12H,2,7-10H2,(H,21,26). The van der Waals surface area contributed by atoms with Crippen molar-refractivity contribution in [2.24, 2.45) is 0 Å². The van der Waals surface area contributed by atoms with E-state index < -0.39 is 5.76 Å². The van der Waals surface area contributed by atoms with E-state index in [4.69, 9.17) is 4.42 Å². The number of hydrogen-bond acceptors (Lipinski definition) is 5. The molecule has 3 aromatic rings. The molecule has 8 heteroatoms. The van der Waals surface area contributed by atoms with Gasteiger partial charge in [0.1, 0.15) is 0 Å². The number of fused-ring (bicyclic) bond motifs is 1. The zero-order chi connectivity index (χ0) is 18.8. The highest BCUT2D eigenvalue weighted by Crippen LogP contribution is 2.16. The summed E-state index contributed by atoms with van der Waals surface area (Å²) in [5, 5.41) is 0. The third-order valence-corrected chi connectivity index (χ3v) is 4.64. The van der Waals surface area contributed by atoms with Crippen LogP contribution in [0.2, 0.25) is 0 Å². The molecule has 0 atom stereocenters. The van der Waals surface area contributed by atoms with Crippen molar-refractivity contribution < 1.29 is 14.0 Å². The van der Waals surface area contributed by atoms with Gasteiger partial charge in [0.25, 0.3) is 11.8 Å². The van der Waals surface area contributed by atoms with Crippen molar-refractivity contribution in [3.8, 4) is 0 Å². The van der Waals surface area contributed by atoms with Gasteiger partial charge in [-0.05, 0) is 36.8 Å². The molecule has 138 valence electrons. The van der Waals surface area contributed by atoms with Gasteiger partial charge < -0.3 is 14.2 Å². The predicted molar refractivity (Wildman–Crippen MR) is 97.5 cm³/mol. The number of carbonyl (C=O) groups is 2. The van der Waals surface area contributed by atoms with Crippen molar-refractivity contribution in [2.45, 2.75) is 6.42 Å². The van der Waals surface area contributed by atoms with Crippen LogP contribution in [0, 0.1) is 0 Å². The maximum atomic E-state index is 12.8. The highest BCUT2D eigenvalue weighted by Gasteiger charge is 2.24. The Balaban J connectivity index is 1.47. The van der Waals surface area contributed by atoms with Gasteiger partial charge in [-0.3, -0.25) is 19.6 Å². The molecule has 0 unspecified atom stereocenters. The van der Waals surface area contributed by atoms with Crippen LogP contribution in [-0.2, 0) is 0 Å². The number of nitrogens with one attached hydrogen (secondary N) is 1. The van der Waals surface area contributed by atoms with E-state index >= 15 is 0 Å². The van der Waals surface area contributed by atoms with E-state index in [1.165, 1.54) is 0 Å². The molecule has 8 nitrogen and oxygen atoms in total. The van der Waals surface area contributed by atoms with E-state index in [9.17, 15) is 14.4 Å². The molecule has 0 radical (unpaired) electrons. The van der Waals surface area contributed by atoms with Crippen molar-refractivity contribution in [2.75, 3.05) is 26.2 Å². The molecule has 2 aromatic heterocycles. The first-order valence-electron chi connectivity index (χ1n) is 8.73. The lowest BCUT2D eigenvalue weighted by atomic mass is 10.1. The number of rotatable bonds is 2. The van der Waals surface area contributed by atoms with Gasteiger partial charge in [0.05, 0.1) is 11.1 Å². The summed E-state index contributed by atoms with van der Waals surface area (Å²) in [5.74, 6) is -0.752. The van der Waals surface area contributed by atoms with Crippen LogP contribution in [0.15, 0.2) is 51.9 Å². The number of pyridine rings is 1. The first-order valence-corrected chi connectivity index (χ1v) is 8.73. The number of aromatic nitrogens is 2. The van der Waals surface area contributed by atoms with Crippen molar-refractivity contribution in [3.05, 3.63) is 64.4 Å². The molecule has 1 saturated heterocycles. The molecule has 0 bridgehead atoms. The minimum atomic E-state index is -0.547. The summed E-state index contributed by atoms with van der Waals surface area (Å²) >= 11 is 0. The molecule has 1 aliphatic heterocycles. The summed E-state index contributed by atoms with van der Waals surface area (Å²) in [7, 11) is 0. The van der Waals surface area contributed by atoms with Crippen LogP contribution in [-0.4, -0.2) is 57.8 Å². The lowest BCUT2D eigenvalue weighted by Gasteiger charge is -2.22. The molecule has 0 saturated carbocycles. The fraction of sp³-hybridized carbons (Fsp3) is 0.263. The van der Waals surface area contributed by atoms with E-state index in [2.05, 4.69) is 9.97 Å². The van der Waals surface area contributed by atoms with Gasteiger partial charge in [0.15, 0.2) is 5.58 Å². The number of amides is 2. The van der Waals surface area contributed by atoms with E-state index in [1.807, 2.05) is 0 Å². The van der Waals surface area contributed by atoms with Crippen LogP contribution in [0.3, 0.4) is 0 Å². The van der Waals surface area contributed by atoms with Crippen molar-refractivity contribution in [3.63, 3.8) is 0 Å². The molecule has 1 aliphatic rings. The average Bonchev–Trinajstić information content (AvgIpc) is 2.90. The molecule has 1 N–H and O–H groups in total. The number of nitrogens with zero attached hydrogens (tertiary/aromatic N) is 3. The SMILES string of the molecule is O=C(c1cccnc1)N1CCCN(C(=O)c2ccc3oc(=O)[nH]c3c2)CC1. The number of carbonyl (C=O) groups excluding carboxylic acids is 2. The minimum absolute atomic E-state index is 0.0743. The number of aromatic amines is 1. The normalized spacial score (nSPS) is 15.0. The Morgan fingerprint density at radius 3 is 2.44 bits per heavy atom. The molecule has 2 amide bonds. The zero-order valence-corrected chi connectivity index (χ0v) is 14.6. The van der Waals surface area contributed by atoms with Crippen LogP contribution >= 0.6 is 0 Å². The van der Waals surface area contributed by atoms with Gasteiger partial charge in [0.2, 0.25) is 0 Å². The van der Waals surface area contributed by atoms with Gasteiger partial charge in [-0.15, -0.1) is 0 Å². The number of hydrogen-bond donors (Lipinski definition) is 1. The topological polar surface area (TPSA) is 99.5 Å². The van der Waals surface area contributed by atoms with E-state index in [0.29, 0.717) is 54.8 Å². The molecule has 3 heterocycles. The first kappa shape index (κ1) is 17.0. The van der Waals surface area contributed by atoms with E-state index in [-0.39, 0.29) is 11.8 Å². The summed E-state index contributed by atoms with van der Waals surface area (Å²) in [6, 6.07) is 8.34. The second kappa shape index (κ2) is 7.06. The second-order valence-electron chi connectivity index (χ2n) is 6.41. The zero-order valence-electron chi connectivity index (χ0n) is 14.6. The molecule has 0 spiro atoms. The molecule has 0 aliphatic carbocycles. The second-order valence-corrected chi connectivity index (χ2v) is 6.41. The third kappa shape index (κ3) is 3.46. The molecule has 1 fully saturated rings. The van der Waals surface area contributed by atoms with Gasteiger partial charge in [-0.2, -0.15) is 0 Å². The van der Waals surface area contributed by atoms with Gasteiger partial charge in [-0.1, -0.05) is 0 Å². The fourth-order valence-corrected chi connectivity index (χ4v) is 3.26. The molecular weight excluding hydrogens is 348 g/mol. The largest absolute Gasteiger partial charge is 0.417 e. The van der Waals surface area contributed by atoms with Crippen molar-refractivity contribution >= 4 is 22.9 Å². The first-order chi connectivity index (χ1) is 13.1. The van der Waals surface area contributed by atoms with Gasteiger partial charge in [-0.25, -0.2) is 4.79 Å². The van der Waals surface area contributed by atoms with Crippen LogP contribution in [0.25, 0.3) is 11.1 Å². The highest BCUT2D eigenvalue weighted by atomic mass is 16.4. The Hall–Kier alpha value is -3.42. The maximum Gasteiger partial charge on any atom is 0.417 e. The summed E-state index contributed by atoms with van der Waals surface area (Å²) in [4.78, 5) is 46.7. The summed E-state index contributed by atoms with van der Waals surface area (Å²) in [5.41, 5.74) is 1.94. The molecule has 1 aromatic carbocycles. The van der Waals surface area contributed by atoms with Crippen molar-refractivity contribution in [1.82, 2.24) is 19.8 Å². The Morgan fingerprint density at radius 1 is 1.00 bits per heavy atom. The predicted octanol–water partition coefficient (Wildman–Crippen LogP) is 1.50. The van der Waals surface area contributed by atoms with Crippen LogP contribution in [0.1, 0.15) is 27.1 Å². The Bertz CT molecular complexity index is 1040. The third-order valence-electron chi connectivity index (χ3n) is 4.64. The van der Waals surface area contributed by atoms with Crippen LogP contribution in [0.4, 0.5) is 0 Å². The van der Waals surface area contributed by atoms with Crippen molar-refractivity contribution in [1.29, 1.82) is 0 Å². The number of oxazole rings is 1. The minimum Gasteiger partial charge on any atom is -0.408 e. The maximum absolute atomic E-state index is 12.8. The van der Waals surface area contributed by atoms with Crippen LogP contribution in [0.5, 0.6) is 0 Å².